The molecule has 2 amide bonds. The lowest BCUT2D eigenvalue weighted by Gasteiger charge is -2.11. The van der Waals surface area contributed by atoms with Gasteiger partial charge < -0.3 is 15.7 Å². The summed E-state index contributed by atoms with van der Waals surface area (Å²) < 4.78 is 23.9. The summed E-state index contributed by atoms with van der Waals surface area (Å²) in [5.74, 6) is 0. The molecule has 0 spiro atoms. The minimum atomic E-state index is -2.96. The topological polar surface area (TPSA) is 104 Å². The van der Waals surface area contributed by atoms with E-state index in [1.165, 1.54) is 18.2 Å². The third kappa shape index (κ3) is 4.84. The van der Waals surface area contributed by atoms with Crippen LogP contribution in [0.4, 0.5) is 25.0 Å². The van der Waals surface area contributed by atoms with E-state index in [0.717, 1.165) is 6.07 Å². The van der Waals surface area contributed by atoms with E-state index >= 15 is 0 Å². The zero-order chi connectivity index (χ0) is 14.4. The zero-order valence-corrected chi connectivity index (χ0v) is 9.55. The fraction of sp³-hybridized carbons (Fsp3) is 0.300. The number of benzene rings is 1. The lowest BCUT2D eigenvalue weighted by Crippen LogP contribution is -2.38. The monoisotopic (exact) mass is 275 g/mol. The predicted molar refractivity (Wildman–Crippen MR) is 62.1 cm³/mol. The summed E-state index contributed by atoms with van der Waals surface area (Å²) >= 11 is 0. The molecule has 1 unspecified atom stereocenters. The van der Waals surface area contributed by atoms with Crippen LogP contribution < -0.4 is 10.6 Å². The Kier molecular flexibility index (Phi) is 5.12. The summed E-state index contributed by atoms with van der Waals surface area (Å²) in [6, 6.07) is 4.27. The zero-order valence-electron chi connectivity index (χ0n) is 9.55. The Morgan fingerprint density at radius 3 is 2.74 bits per heavy atom. The molecule has 0 saturated heterocycles. The van der Waals surface area contributed by atoms with Crippen LogP contribution in [0.25, 0.3) is 0 Å². The van der Waals surface area contributed by atoms with Crippen molar-refractivity contribution in [2.75, 3.05) is 11.9 Å². The first-order valence-corrected chi connectivity index (χ1v) is 5.15. The number of rotatable bonds is 5. The number of aliphatic hydroxyl groups excluding tert-OH is 1. The maximum atomic E-state index is 12.0. The fourth-order valence-electron chi connectivity index (χ4n) is 1.16. The highest BCUT2D eigenvalue weighted by Gasteiger charge is 2.17. The van der Waals surface area contributed by atoms with E-state index < -0.39 is 30.0 Å². The highest BCUT2D eigenvalue weighted by atomic mass is 19.3. The minimum absolute atomic E-state index is 0.137. The van der Waals surface area contributed by atoms with E-state index in [9.17, 15) is 23.7 Å². The summed E-state index contributed by atoms with van der Waals surface area (Å²) in [6.07, 6.45) is -4.92. The number of hydrogen-bond acceptors (Lipinski definition) is 4. The van der Waals surface area contributed by atoms with E-state index in [1.54, 1.807) is 0 Å². The van der Waals surface area contributed by atoms with Crippen LogP contribution in [0.1, 0.15) is 0 Å². The molecule has 7 nitrogen and oxygen atoms in total. The Labute approximate surface area is 106 Å². The Balaban J connectivity index is 2.53. The number of halogens is 2. The van der Waals surface area contributed by atoms with Gasteiger partial charge in [0.25, 0.3) is 12.1 Å². The number of nitro benzene ring substituents is 1. The molecule has 0 aliphatic heterocycles. The van der Waals surface area contributed by atoms with Crippen LogP contribution in [0.3, 0.4) is 0 Å². The van der Waals surface area contributed by atoms with Gasteiger partial charge >= 0.3 is 6.03 Å². The largest absolute Gasteiger partial charge is 0.385 e. The van der Waals surface area contributed by atoms with Crippen molar-refractivity contribution in [2.24, 2.45) is 0 Å². The van der Waals surface area contributed by atoms with E-state index in [1.807, 2.05) is 5.32 Å². The summed E-state index contributed by atoms with van der Waals surface area (Å²) in [6.45, 7) is -0.627. The number of non-ortho nitro benzene ring substituents is 1. The normalized spacial score (nSPS) is 12.0. The molecule has 0 aliphatic carbocycles. The molecule has 0 bridgehead atoms. The predicted octanol–water partition coefficient (Wildman–Crippen LogP) is 1.34. The van der Waals surface area contributed by atoms with Crippen LogP contribution in [0.5, 0.6) is 0 Å². The van der Waals surface area contributed by atoms with Gasteiger partial charge in [-0.05, 0) is 6.07 Å². The van der Waals surface area contributed by atoms with Crippen molar-refractivity contribution in [1.29, 1.82) is 0 Å². The average Bonchev–Trinajstić information content (AvgIpc) is 2.36. The smallest absolute Gasteiger partial charge is 0.319 e. The standard InChI is InChI=1S/C10H11F2N3O4/c11-9(12)8(16)5-13-10(17)14-6-2-1-3-7(4-6)15(18)19/h1-4,8-9,16H,5H2,(H2,13,14,17). The first kappa shape index (κ1) is 14.8. The van der Waals surface area contributed by atoms with Gasteiger partial charge in [-0.1, -0.05) is 6.07 Å². The van der Waals surface area contributed by atoms with Gasteiger partial charge in [0.05, 0.1) is 11.5 Å². The SMILES string of the molecule is O=C(NCC(O)C(F)F)Nc1cccc([N+](=O)[O-])c1. The number of aliphatic hydroxyl groups is 1. The molecule has 9 heteroatoms. The second-order valence-electron chi connectivity index (χ2n) is 3.54. The van der Waals surface area contributed by atoms with Gasteiger partial charge in [-0.15, -0.1) is 0 Å². The lowest BCUT2D eigenvalue weighted by molar-refractivity contribution is -0.384. The molecule has 1 aromatic carbocycles. The molecule has 0 saturated carbocycles. The second-order valence-corrected chi connectivity index (χ2v) is 3.54. The summed E-state index contributed by atoms with van der Waals surface area (Å²) in [5, 5.41) is 23.5. The molecule has 1 aromatic rings. The van der Waals surface area contributed by atoms with Gasteiger partial charge in [0.2, 0.25) is 0 Å². The Morgan fingerprint density at radius 1 is 1.47 bits per heavy atom. The third-order valence-electron chi connectivity index (χ3n) is 2.08. The van der Waals surface area contributed by atoms with Gasteiger partial charge in [-0.3, -0.25) is 10.1 Å². The number of hydrogen-bond donors (Lipinski definition) is 3. The van der Waals surface area contributed by atoms with Gasteiger partial charge in [0.1, 0.15) is 6.10 Å². The van der Waals surface area contributed by atoms with Crippen molar-refractivity contribution < 1.29 is 23.6 Å². The number of carbonyl (C=O) groups is 1. The number of urea groups is 1. The highest BCUT2D eigenvalue weighted by Crippen LogP contribution is 2.16. The molecular formula is C10H11F2N3O4. The Hall–Kier alpha value is -2.29. The molecule has 104 valence electrons. The van der Waals surface area contributed by atoms with Crippen LogP contribution in [-0.2, 0) is 0 Å². The van der Waals surface area contributed by atoms with Gasteiger partial charge in [-0.25, -0.2) is 13.6 Å². The maximum absolute atomic E-state index is 12.0. The van der Waals surface area contributed by atoms with E-state index in [-0.39, 0.29) is 11.4 Å². The number of nitrogens with zero attached hydrogens (tertiary/aromatic N) is 1. The maximum Gasteiger partial charge on any atom is 0.319 e. The number of amides is 2. The van der Waals surface area contributed by atoms with E-state index in [0.29, 0.717) is 0 Å². The van der Waals surface area contributed by atoms with Crippen LogP contribution in [0.2, 0.25) is 0 Å². The molecule has 19 heavy (non-hydrogen) atoms. The molecule has 0 aliphatic rings. The molecule has 1 rings (SSSR count). The lowest BCUT2D eigenvalue weighted by atomic mass is 10.3. The minimum Gasteiger partial charge on any atom is -0.385 e. The average molecular weight is 275 g/mol. The number of carbonyl (C=O) groups excluding carboxylic acids is 1. The number of anilines is 1. The van der Waals surface area contributed by atoms with E-state index in [4.69, 9.17) is 5.11 Å². The van der Waals surface area contributed by atoms with Crippen LogP contribution in [-0.4, -0.2) is 35.1 Å². The molecular weight excluding hydrogens is 264 g/mol. The Morgan fingerprint density at radius 2 is 2.16 bits per heavy atom. The van der Waals surface area contributed by atoms with Gasteiger partial charge in [0, 0.05) is 17.8 Å². The van der Waals surface area contributed by atoms with Crippen molar-refractivity contribution in [2.45, 2.75) is 12.5 Å². The van der Waals surface area contributed by atoms with Crippen molar-refractivity contribution in [3.8, 4) is 0 Å². The van der Waals surface area contributed by atoms with Crippen molar-refractivity contribution in [3.05, 3.63) is 34.4 Å². The molecule has 1 atom stereocenters. The summed E-state index contributed by atoms with van der Waals surface area (Å²) in [5.41, 5.74) is -0.0800. The summed E-state index contributed by atoms with van der Waals surface area (Å²) in [7, 11) is 0. The number of nitrogens with one attached hydrogen (secondary N) is 2. The molecule has 0 radical (unpaired) electrons. The number of nitro groups is 1. The molecule has 0 fully saturated rings. The van der Waals surface area contributed by atoms with Crippen LogP contribution in [0, 0.1) is 10.1 Å². The fourth-order valence-corrected chi connectivity index (χ4v) is 1.16. The van der Waals surface area contributed by atoms with Crippen molar-refractivity contribution in [1.82, 2.24) is 5.32 Å². The third-order valence-corrected chi connectivity index (χ3v) is 2.08. The van der Waals surface area contributed by atoms with Gasteiger partial charge in [0.15, 0.2) is 0 Å². The molecule has 0 aromatic heterocycles. The molecule has 0 heterocycles. The second kappa shape index (κ2) is 6.59. The van der Waals surface area contributed by atoms with Crippen LogP contribution >= 0.6 is 0 Å². The first-order valence-electron chi connectivity index (χ1n) is 5.15. The van der Waals surface area contributed by atoms with E-state index in [2.05, 4.69) is 5.32 Å². The number of alkyl halides is 2. The Bertz CT molecular complexity index is 470. The van der Waals surface area contributed by atoms with Crippen molar-refractivity contribution >= 4 is 17.4 Å². The van der Waals surface area contributed by atoms with Crippen molar-refractivity contribution in [3.63, 3.8) is 0 Å². The first-order chi connectivity index (χ1) is 8.90. The van der Waals surface area contributed by atoms with Crippen LogP contribution in [0.15, 0.2) is 24.3 Å². The van der Waals surface area contributed by atoms with Gasteiger partial charge in [-0.2, -0.15) is 0 Å². The molecule has 3 N–H and O–H groups in total. The quantitative estimate of drug-likeness (QED) is 0.557. The summed E-state index contributed by atoms with van der Waals surface area (Å²) in [4.78, 5) is 21.1. The highest BCUT2D eigenvalue weighted by molar-refractivity contribution is 5.89.